The van der Waals surface area contributed by atoms with Crippen LogP contribution in [0.5, 0.6) is 0 Å². The minimum atomic E-state index is -0.720. The second kappa shape index (κ2) is 5.71. The molecule has 0 spiro atoms. The third-order valence-electron chi connectivity index (χ3n) is 2.76. The van der Waals surface area contributed by atoms with E-state index in [9.17, 15) is 4.79 Å². The molecule has 3 nitrogen and oxygen atoms in total. The van der Waals surface area contributed by atoms with E-state index in [2.05, 4.69) is 19.1 Å². The minimum absolute atomic E-state index is 0.347. The molecule has 0 aliphatic carbocycles. The maximum Gasteiger partial charge on any atom is 0.321 e. The van der Waals surface area contributed by atoms with Gasteiger partial charge in [-0.1, -0.05) is 30.7 Å². The van der Waals surface area contributed by atoms with Gasteiger partial charge in [0.15, 0.2) is 0 Å². The van der Waals surface area contributed by atoms with E-state index in [1.807, 2.05) is 18.0 Å². The van der Waals surface area contributed by atoms with Crippen LogP contribution in [0.3, 0.4) is 0 Å². The quantitative estimate of drug-likeness (QED) is 0.773. The average molecular weight is 209 g/mol. The molecule has 0 aromatic heterocycles. The molecule has 1 heterocycles. The topological polar surface area (TPSA) is 40.5 Å². The summed E-state index contributed by atoms with van der Waals surface area (Å²) >= 11 is 0. The number of carboxylic acids is 1. The average Bonchev–Trinajstić information content (AvgIpc) is 2.20. The smallest absolute Gasteiger partial charge is 0.321 e. The Morgan fingerprint density at radius 2 is 2.40 bits per heavy atom. The molecule has 84 valence electrons. The molecule has 0 saturated carbocycles. The predicted octanol–water partition coefficient (Wildman–Crippen LogP) is 2.06. The zero-order valence-electron chi connectivity index (χ0n) is 9.44. The van der Waals surface area contributed by atoms with Crippen molar-refractivity contribution in [3.05, 3.63) is 23.8 Å². The lowest BCUT2D eigenvalue weighted by Crippen LogP contribution is -2.42. The maximum atomic E-state index is 11.0. The summed E-state index contributed by atoms with van der Waals surface area (Å²) in [5.74, 6) is -0.720. The Bertz CT molecular complexity index is 281. The van der Waals surface area contributed by atoms with Crippen LogP contribution in [0.15, 0.2) is 23.8 Å². The van der Waals surface area contributed by atoms with Crippen LogP contribution in [0.1, 0.15) is 26.2 Å². The van der Waals surface area contributed by atoms with E-state index in [1.165, 1.54) is 5.57 Å². The zero-order chi connectivity index (χ0) is 11.3. The molecule has 1 aliphatic heterocycles. The summed E-state index contributed by atoms with van der Waals surface area (Å²) in [5.41, 5.74) is 1.24. The van der Waals surface area contributed by atoms with Crippen molar-refractivity contribution in [1.82, 2.24) is 4.90 Å². The van der Waals surface area contributed by atoms with Crippen molar-refractivity contribution in [2.75, 3.05) is 13.6 Å². The van der Waals surface area contributed by atoms with E-state index in [-0.39, 0.29) is 6.04 Å². The largest absolute Gasteiger partial charge is 0.480 e. The fourth-order valence-electron chi connectivity index (χ4n) is 1.75. The van der Waals surface area contributed by atoms with Gasteiger partial charge in [0.2, 0.25) is 0 Å². The lowest BCUT2D eigenvalue weighted by molar-refractivity contribution is -0.143. The van der Waals surface area contributed by atoms with Crippen LogP contribution in [0.4, 0.5) is 0 Å². The van der Waals surface area contributed by atoms with Gasteiger partial charge in [0.1, 0.15) is 6.04 Å². The maximum absolute atomic E-state index is 11.0. The molecular formula is C12H19NO2. The number of carbonyl (C=O) groups is 1. The van der Waals surface area contributed by atoms with Crippen LogP contribution in [0, 0.1) is 0 Å². The van der Waals surface area contributed by atoms with E-state index in [1.54, 1.807) is 0 Å². The number of piperidine rings is 1. The Labute approximate surface area is 91.1 Å². The van der Waals surface area contributed by atoms with Crippen molar-refractivity contribution in [2.45, 2.75) is 32.2 Å². The summed E-state index contributed by atoms with van der Waals surface area (Å²) < 4.78 is 0. The van der Waals surface area contributed by atoms with Gasteiger partial charge in [-0.25, -0.2) is 0 Å². The van der Waals surface area contributed by atoms with Crippen molar-refractivity contribution >= 4 is 5.97 Å². The summed E-state index contributed by atoms with van der Waals surface area (Å²) in [7, 11) is 1.87. The second-order valence-corrected chi connectivity index (χ2v) is 3.95. The van der Waals surface area contributed by atoms with Gasteiger partial charge in [-0.3, -0.25) is 9.69 Å². The molecule has 0 aromatic carbocycles. The number of aliphatic carboxylic acids is 1. The van der Waals surface area contributed by atoms with Crippen molar-refractivity contribution in [1.29, 1.82) is 0 Å². The molecule has 15 heavy (non-hydrogen) atoms. The van der Waals surface area contributed by atoms with Gasteiger partial charge in [0, 0.05) is 6.54 Å². The second-order valence-electron chi connectivity index (χ2n) is 3.95. The van der Waals surface area contributed by atoms with E-state index in [4.69, 9.17) is 5.11 Å². The highest BCUT2D eigenvalue weighted by molar-refractivity contribution is 5.74. The Balaban J connectivity index is 2.61. The number of carboxylic acid groups (broad SMARTS) is 1. The van der Waals surface area contributed by atoms with Gasteiger partial charge in [0.25, 0.3) is 0 Å². The summed E-state index contributed by atoms with van der Waals surface area (Å²) in [6.07, 6.45) is 8.83. The van der Waals surface area contributed by atoms with Gasteiger partial charge in [-0.2, -0.15) is 0 Å². The third kappa shape index (κ3) is 3.51. The number of hydrogen-bond acceptors (Lipinski definition) is 2. The van der Waals surface area contributed by atoms with Gasteiger partial charge < -0.3 is 5.11 Å². The first kappa shape index (κ1) is 12.0. The predicted molar refractivity (Wildman–Crippen MR) is 60.8 cm³/mol. The number of likely N-dealkylation sites (N-methyl/N-ethyl adjacent to an activating group) is 1. The van der Waals surface area contributed by atoms with Gasteiger partial charge >= 0.3 is 5.97 Å². The number of allylic oxidation sites excluding steroid dienone is 3. The first-order chi connectivity index (χ1) is 7.15. The molecule has 0 amide bonds. The van der Waals surface area contributed by atoms with Crippen LogP contribution < -0.4 is 0 Å². The van der Waals surface area contributed by atoms with Crippen LogP contribution >= 0.6 is 0 Å². The molecule has 0 aromatic rings. The normalized spacial score (nSPS) is 26.3. The van der Waals surface area contributed by atoms with Crippen molar-refractivity contribution in [3.8, 4) is 0 Å². The van der Waals surface area contributed by atoms with Crippen LogP contribution in [-0.2, 0) is 4.79 Å². The standard InChI is InChI=1S/C12H19NO2/c1-3-4-5-6-10-7-8-13(2)11(9-10)12(14)15/h4-6,11H,3,7-9H2,1-2H3,(H,14,15)/b5-4-,10-6+. The van der Waals surface area contributed by atoms with Crippen LogP contribution in [-0.4, -0.2) is 35.6 Å². The molecular weight excluding hydrogens is 190 g/mol. The minimum Gasteiger partial charge on any atom is -0.480 e. The van der Waals surface area contributed by atoms with Gasteiger partial charge in [-0.05, 0) is 26.3 Å². The molecule has 0 bridgehead atoms. The Kier molecular flexibility index (Phi) is 4.56. The van der Waals surface area contributed by atoms with E-state index < -0.39 is 5.97 Å². The van der Waals surface area contributed by atoms with E-state index in [0.717, 1.165) is 19.4 Å². The Morgan fingerprint density at radius 1 is 1.67 bits per heavy atom. The highest BCUT2D eigenvalue weighted by atomic mass is 16.4. The summed E-state index contributed by atoms with van der Waals surface area (Å²) in [6.45, 7) is 2.92. The molecule has 3 heteroatoms. The zero-order valence-corrected chi connectivity index (χ0v) is 9.44. The molecule has 1 aliphatic rings. The third-order valence-corrected chi connectivity index (χ3v) is 2.76. The fourth-order valence-corrected chi connectivity index (χ4v) is 1.75. The fraction of sp³-hybridized carbons (Fsp3) is 0.583. The molecule has 1 fully saturated rings. The molecule has 1 rings (SSSR count). The highest BCUT2D eigenvalue weighted by Gasteiger charge is 2.27. The highest BCUT2D eigenvalue weighted by Crippen LogP contribution is 2.21. The number of likely N-dealkylation sites (tertiary alicyclic amines) is 1. The number of rotatable bonds is 3. The molecule has 1 unspecified atom stereocenters. The molecule has 0 radical (unpaired) electrons. The molecule has 1 saturated heterocycles. The lowest BCUT2D eigenvalue weighted by Gasteiger charge is -2.30. The van der Waals surface area contributed by atoms with Crippen molar-refractivity contribution in [2.24, 2.45) is 0 Å². The molecule has 1 atom stereocenters. The number of nitrogens with zero attached hydrogens (tertiary/aromatic N) is 1. The van der Waals surface area contributed by atoms with E-state index in [0.29, 0.717) is 6.42 Å². The first-order valence-corrected chi connectivity index (χ1v) is 5.42. The van der Waals surface area contributed by atoms with Crippen molar-refractivity contribution in [3.63, 3.8) is 0 Å². The Hall–Kier alpha value is -1.09. The summed E-state index contributed by atoms with van der Waals surface area (Å²) in [6, 6.07) is -0.347. The van der Waals surface area contributed by atoms with Gasteiger partial charge in [0.05, 0.1) is 0 Å². The lowest BCUT2D eigenvalue weighted by atomic mass is 9.97. The Morgan fingerprint density at radius 3 is 3.00 bits per heavy atom. The van der Waals surface area contributed by atoms with Crippen LogP contribution in [0.25, 0.3) is 0 Å². The monoisotopic (exact) mass is 209 g/mol. The summed E-state index contributed by atoms with van der Waals surface area (Å²) in [4.78, 5) is 12.9. The van der Waals surface area contributed by atoms with Crippen molar-refractivity contribution < 1.29 is 9.90 Å². The first-order valence-electron chi connectivity index (χ1n) is 5.42. The SMILES string of the molecule is CC/C=C\C=C1/CCN(C)C(C(=O)O)C1. The molecule has 1 N–H and O–H groups in total. The number of hydrogen-bond donors (Lipinski definition) is 1. The van der Waals surface area contributed by atoms with E-state index >= 15 is 0 Å². The van der Waals surface area contributed by atoms with Crippen LogP contribution in [0.2, 0.25) is 0 Å². The summed E-state index contributed by atoms with van der Waals surface area (Å²) in [5, 5.41) is 9.01. The van der Waals surface area contributed by atoms with Gasteiger partial charge in [-0.15, -0.1) is 0 Å².